The SMILES string of the molecule is OC(Cc1cc(F)ccc1Cl)CC1CCC1. The first-order valence-corrected chi connectivity index (χ1v) is 6.15. The smallest absolute Gasteiger partial charge is 0.123 e. The zero-order valence-corrected chi connectivity index (χ0v) is 9.88. The average Bonchev–Trinajstić information content (AvgIpc) is 2.18. The maximum Gasteiger partial charge on any atom is 0.123 e. The zero-order valence-electron chi connectivity index (χ0n) is 9.13. The lowest BCUT2D eigenvalue weighted by molar-refractivity contribution is 0.118. The monoisotopic (exact) mass is 242 g/mol. The Kier molecular flexibility index (Phi) is 3.82. The first kappa shape index (κ1) is 11.9. The number of rotatable bonds is 4. The molecule has 2 rings (SSSR count). The number of halogens is 2. The Morgan fingerprint density at radius 3 is 2.81 bits per heavy atom. The standard InChI is InChI=1S/C13H16ClFO/c14-13-5-4-11(15)7-10(13)8-12(16)6-9-2-1-3-9/h4-5,7,9,12,16H,1-3,6,8H2. The fourth-order valence-corrected chi connectivity index (χ4v) is 2.34. The molecule has 1 aliphatic rings. The van der Waals surface area contributed by atoms with Crippen molar-refractivity contribution in [1.29, 1.82) is 0 Å². The molecule has 0 radical (unpaired) electrons. The molecule has 0 saturated heterocycles. The Bertz CT molecular complexity index is 363. The Morgan fingerprint density at radius 1 is 1.44 bits per heavy atom. The maximum absolute atomic E-state index is 13.0. The first-order valence-electron chi connectivity index (χ1n) is 5.77. The van der Waals surface area contributed by atoms with Gasteiger partial charge in [-0.2, -0.15) is 0 Å². The van der Waals surface area contributed by atoms with Gasteiger partial charge in [-0.25, -0.2) is 4.39 Å². The molecule has 0 aliphatic heterocycles. The molecule has 16 heavy (non-hydrogen) atoms. The minimum absolute atomic E-state index is 0.296. The van der Waals surface area contributed by atoms with Crippen molar-refractivity contribution in [1.82, 2.24) is 0 Å². The second kappa shape index (κ2) is 5.15. The van der Waals surface area contributed by atoms with Gasteiger partial charge in [0, 0.05) is 5.02 Å². The zero-order chi connectivity index (χ0) is 11.5. The van der Waals surface area contributed by atoms with Crippen molar-refractivity contribution in [2.75, 3.05) is 0 Å². The fourth-order valence-electron chi connectivity index (χ4n) is 2.15. The van der Waals surface area contributed by atoms with E-state index in [0.29, 0.717) is 22.9 Å². The summed E-state index contributed by atoms with van der Waals surface area (Å²) in [6, 6.07) is 4.29. The summed E-state index contributed by atoms with van der Waals surface area (Å²) in [7, 11) is 0. The van der Waals surface area contributed by atoms with E-state index in [4.69, 9.17) is 11.6 Å². The summed E-state index contributed by atoms with van der Waals surface area (Å²) in [4.78, 5) is 0. The van der Waals surface area contributed by atoms with Crippen LogP contribution in [0.25, 0.3) is 0 Å². The van der Waals surface area contributed by atoms with Crippen molar-refractivity contribution in [3.63, 3.8) is 0 Å². The van der Waals surface area contributed by atoms with E-state index in [2.05, 4.69) is 0 Å². The van der Waals surface area contributed by atoms with Gasteiger partial charge in [-0.1, -0.05) is 30.9 Å². The maximum atomic E-state index is 13.0. The van der Waals surface area contributed by atoms with Crippen LogP contribution in [0.1, 0.15) is 31.2 Å². The fraction of sp³-hybridized carbons (Fsp3) is 0.538. The lowest BCUT2D eigenvalue weighted by atomic mass is 9.80. The third-order valence-corrected chi connectivity index (χ3v) is 3.66. The van der Waals surface area contributed by atoms with E-state index in [9.17, 15) is 9.50 Å². The van der Waals surface area contributed by atoms with Crippen molar-refractivity contribution in [3.8, 4) is 0 Å². The first-order chi connectivity index (χ1) is 7.65. The lowest BCUT2D eigenvalue weighted by Gasteiger charge is -2.27. The number of hydrogen-bond donors (Lipinski definition) is 1. The third-order valence-electron chi connectivity index (χ3n) is 3.29. The van der Waals surface area contributed by atoms with Crippen molar-refractivity contribution in [2.45, 2.75) is 38.2 Å². The molecule has 1 nitrogen and oxygen atoms in total. The molecule has 88 valence electrons. The van der Waals surface area contributed by atoms with E-state index in [0.717, 1.165) is 6.42 Å². The van der Waals surface area contributed by atoms with Gasteiger partial charge in [0.15, 0.2) is 0 Å². The van der Waals surface area contributed by atoms with E-state index >= 15 is 0 Å². The molecule has 0 heterocycles. The summed E-state index contributed by atoms with van der Waals surface area (Å²) in [6.07, 6.45) is 4.57. The van der Waals surface area contributed by atoms with E-state index in [1.54, 1.807) is 6.07 Å². The van der Waals surface area contributed by atoms with Gasteiger partial charge in [-0.05, 0) is 42.5 Å². The van der Waals surface area contributed by atoms with Crippen molar-refractivity contribution in [3.05, 3.63) is 34.6 Å². The molecule has 1 atom stereocenters. The molecular formula is C13H16ClFO. The predicted octanol–water partition coefficient (Wildman–Crippen LogP) is 3.57. The van der Waals surface area contributed by atoms with Crippen LogP contribution in [0.3, 0.4) is 0 Å². The van der Waals surface area contributed by atoms with Crippen LogP contribution < -0.4 is 0 Å². The molecule has 1 unspecified atom stereocenters. The van der Waals surface area contributed by atoms with Gasteiger partial charge in [0.1, 0.15) is 5.82 Å². The molecule has 0 bridgehead atoms. The van der Waals surface area contributed by atoms with Gasteiger partial charge in [-0.15, -0.1) is 0 Å². The van der Waals surface area contributed by atoms with Gasteiger partial charge in [0.2, 0.25) is 0 Å². The van der Waals surface area contributed by atoms with Crippen LogP contribution in [0.4, 0.5) is 4.39 Å². The van der Waals surface area contributed by atoms with E-state index in [-0.39, 0.29) is 5.82 Å². The quantitative estimate of drug-likeness (QED) is 0.856. The van der Waals surface area contributed by atoms with Gasteiger partial charge >= 0.3 is 0 Å². The summed E-state index contributed by atoms with van der Waals surface area (Å²) < 4.78 is 13.0. The van der Waals surface area contributed by atoms with Crippen LogP contribution in [-0.4, -0.2) is 11.2 Å². The summed E-state index contributed by atoms with van der Waals surface area (Å²) in [5, 5.41) is 10.4. The minimum atomic E-state index is -0.399. The summed E-state index contributed by atoms with van der Waals surface area (Å²) in [5.41, 5.74) is 0.702. The Morgan fingerprint density at radius 2 is 2.19 bits per heavy atom. The molecule has 0 aromatic heterocycles. The second-order valence-electron chi connectivity index (χ2n) is 4.63. The molecule has 3 heteroatoms. The van der Waals surface area contributed by atoms with Gasteiger partial charge < -0.3 is 5.11 Å². The number of benzene rings is 1. The molecule has 1 saturated carbocycles. The van der Waals surface area contributed by atoms with E-state index in [1.165, 1.54) is 31.4 Å². The van der Waals surface area contributed by atoms with Gasteiger partial charge in [0.25, 0.3) is 0 Å². The van der Waals surface area contributed by atoms with Crippen molar-refractivity contribution < 1.29 is 9.50 Å². The summed E-state index contributed by atoms with van der Waals surface area (Å²) >= 11 is 5.95. The largest absolute Gasteiger partial charge is 0.393 e. The molecule has 1 N–H and O–H groups in total. The van der Waals surface area contributed by atoms with Gasteiger partial charge in [0.05, 0.1) is 6.10 Å². The predicted molar refractivity (Wildman–Crippen MR) is 63.1 cm³/mol. The molecule has 1 aliphatic carbocycles. The van der Waals surface area contributed by atoms with Crippen LogP contribution in [0.5, 0.6) is 0 Å². The van der Waals surface area contributed by atoms with Crippen LogP contribution in [0.15, 0.2) is 18.2 Å². The number of hydrogen-bond acceptors (Lipinski definition) is 1. The highest BCUT2D eigenvalue weighted by Gasteiger charge is 2.21. The highest BCUT2D eigenvalue weighted by molar-refractivity contribution is 6.31. The second-order valence-corrected chi connectivity index (χ2v) is 5.03. The Labute approximate surface area is 100 Å². The molecule has 1 fully saturated rings. The highest BCUT2D eigenvalue weighted by atomic mass is 35.5. The Hall–Kier alpha value is -0.600. The van der Waals surface area contributed by atoms with Crippen molar-refractivity contribution >= 4 is 11.6 Å². The van der Waals surface area contributed by atoms with Crippen LogP contribution in [0.2, 0.25) is 5.02 Å². The minimum Gasteiger partial charge on any atom is -0.393 e. The molecule has 0 amide bonds. The molecule has 1 aromatic carbocycles. The average molecular weight is 243 g/mol. The van der Waals surface area contributed by atoms with E-state index in [1.807, 2.05) is 0 Å². The molecular weight excluding hydrogens is 227 g/mol. The van der Waals surface area contributed by atoms with Gasteiger partial charge in [-0.3, -0.25) is 0 Å². The normalized spacial score (nSPS) is 18.2. The van der Waals surface area contributed by atoms with Crippen LogP contribution >= 0.6 is 11.6 Å². The summed E-state index contributed by atoms with van der Waals surface area (Å²) in [5.74, 6) is 0.359. The van der Waals surface area contributed by atoms with Crippen LogP contribution in [-0.2, 0) is 6.42 Å². The summed E-state index contributed by atoms with van der Waals surface area (Å²) in [6.45, 7) is 0. The third kappa shape index (κ3) is 2.96. The van der Waals surface area contributed by atoms with Crippen LogP contribution in [0, 0.1) is 11.7 Å². The molecule has 1 aromatic rings. The number of aliphatic hydroxyl groups is 1. The lowest BCUT2D eigenvalue weighted by Crippen LogP contribution is -2.21. The van der Waals surface area contributed by atoms with Crippen molar-refractivity contribution in [2.24, 2.45) is 5.92 Å². The molecule has 0 spiro atoms. The Balaban J connectivity index is 1.93. The topological polar surface area (TPSA) is 20.2 Å². The number of aliphatic hydroxyl groups excluding tert-OH is 1. The highest BCUT2D eigenvalue weighted by Crippen LogP contribution is 2.31. The van der Waals surface area contributed by atoms with E-state index < -0.39 is 6.10 Å².